The fourth-order valence-electron chi connectivity index (χ4n) is 2.30. The van der Waals surface area contributed by atoms with E-state index in [1.165, 1.54) is 24.3 Å². The third kappa shape index (κ3) is 6.46. The van der Waals surface area contributed by atoms with Crippen LogP contribution in [-0.2, 0) is 11.3 Å². The minimum Gasteiger partial charge on any atom is -0.435 e. The van der Waals surface area contributed by atoms with E-state index in [9.17, 15) is 23.7 Å². The van der Waals surface area contributed by atoms with E-state index in [2.05, 4.69) is 10.1 Å². The zero-order valence-electron chi connectivity index (χ0n) is 14.2. The number of nitro groups is 1. The summed E-state index contributed by atoms with van der Waals surface area (Å²) in [6.45, 7) is -2.45. The monoisotopic (exact) mass is 399 g/mol. The fourth-order valence-corrected chi connectivity index (χ4v) is 2.52. The van der Waals surface area contributed by atoms with E-state index in [-0.39, 0.29) is 34.6 Å². The number of nitrogens with zero attached hydrogens (tertiary/aromatic N) is 2. The first kappa shape index (κ1) is 20.5. The van der Waals surface area contributed by atoms with Crippen LogP contribution < -0.4 is 10.1 Å². The zero-order chi connectivity index (χ0) is 20.0. The number of alkyl halides is 2. The van der Waals surface area contributed by atoms with Crippen molar-refractivity contribution in [3.8, 4) is 5.75 Å². The Morgan fingerprint density at radius 1 is 1.30 bits per heavy atom. The lowest BCUT2D eigenvalue weighted by atomic mass is 10.2. The Morgan fingerprint density at radius 3 is 2.52 bits per heavy atom. The number of likely N-dealkylation sites (N-methyl/N-ethyl adjacent to an activating group) is 1. The van der Waals surface area contributed by atoms with Gasteiger partial charge in [-0.2, -0.15) is 8.78 Å². The van der Waals surface area contributed by atoms with Crippen molar-refractivity contribution < 1.29 is 23.2 Å². The van der Waals surface area contributed by atoms with Crippen LogP contribution in [0.5, 0.6) is 5.75 Å². The molecular formula is C17H16ClF2N3O4. The summed E-state index contributed by atoms with van der Waals surface area (Å²) in [7, 11) is 1.71. The van der Waals surface area contributed by atoms with Crippen molar-refractivity contribution in [2.45, 2.75) is 13.2 Å². The maximum atomic E-state index is 12.1. The zero-order valence-corrected chi connectivity index (χ0v) is 15.0. The molecule has 2 aromatic carbocycles. The Morgan fingerprint density at radius 2 is 1.96 bits per heavy atom. The largest absolute Gasteiger partial charge is 0.435 e. The molecule has 1 amide bonds. The average Bonchev–Trinajstić information content (AvgIpc) is 2.57. The maximum Gasteiger partial charge on any atom is 0.387 e. The first-order chi connectivity index (χ1) is 12.7. The molecule has 0 aliphatic carbocycles. The number of amides is 1. The van der Waals surface area contributed by atoms with Crippen molar-refractivity contribution in [3.05, 3.63) is 63.2 Å². The summed E-state index contributed by atoms with van der Waals surface area (Å²) in [5.74, 6) is -0.298. The number of carbonyl (C=O) groups is 1. The number of carbonyl (C=O) groups excluding carboxylic acids is 1. The van der Waals surface area contributed by atoms with Crippen molar-refractivity contribution in [2.24, 2.45) is 0 Å². The van der Waals surface area contributed by atoms with E-state index in [1.807, 2.05) is 0 Å². The van der Waals surface area contributed by atoms with Gasteiger partial charge >= 0.3 is 6.61 Å². The Hall–Kier alpha value is -2.78. The SMILES string of the molecule is CN(CC(=O)Nc1ccc([N+](=O)[O-])cc1Cl)Cc1ccc(OC(F)F)cc1. The Bertz CT molecular complexity index is 818. The summed E-state index contributed by atoms with van der Waals surface area (Å²) in [4.78, 5) is 23.9. The molecule has 2 rings (SSSR count). The van der Waals surface area contributed by atoms with Gasteiger partial charge in [-0.15, -0.1) is 0 Å². The van der Waals surface area contributed by atoms with Crippen LogP contribution in [0.15, 0.2) is 42.5 Å². The summed E-state index contributed by atoms with van der Waals surface area (Å²) >= 11 is 5.94. The number of nitrogens with one attached hydrogen (secondary N) is 1. The quantitative estimate of drug-likeness (QED) is 0.537. The number of hydrogen-bond acceptors (Lipinski definition) is 5. The molecule has 0 spiro atoms. The predicted molar refractivity (Wildman–Crippen MR) is 96.1 cm³/mol. The molecule has 0 aliphatic heterocycles. The molecule has 0 saturated heterocycles. The lowest BCUT2D eigenvalue weighted by molar-refractivity contribution is -0.384. The molecule has 0 atom stereocenters. The Balaban J connectivity index is 1.89. The lowest BCUT2D eigenvalue weighted by Crippen LogP contribution is -2.29. The molecule has 0 heterocycles. The van der Waals surface area contributed by atoms with Crippen molar-refractivity contribution in [1.82, 2.24) is 4.90 Å². The summed E-state index contributed by atoms with van der Waals surface area (Å²) in [5, 5.41) is 13.3. The van der Waals surface area contributed by atoms with Crippen LogP contribution in [0, 0.1) is 10.1 Å². The van der Waals surface area contributed by atoms with Crippen LogP contribution in [0.3, 0.4) is 0 Å². The Labute approximate surface area is 158 Å². The van der Waals surface area contributed by atoms with E-state index in [0.717, 1.165) is 11.6 Å². The molecule has 27 heavy (non-hydrogen) atoms. The van der Waals surface area contributed by atoms with Gasteiger partial charge in [0.05, 0.1) is 22.2 Å². The molecule has 7 nitrogen and oxygen atoms in total. The standard InChI is InChI=1S/C17H16ClF2N3O4/c1-22(9-11-2-5-13(6-3-11)27-17(19)20)10-16(24)21-15-7-4-12(23(25)26)8-14(15)18/h2-8,17H,9-10H2,1H3,(H,21,24). The summed E-state index contributed by atoms with van der Waals surface area (Å²) in [6, 6.07) is 9.86. The highest BCUT2D eigenvalue weighted by atomic mass is 35.5. The molecule has 0 fully saturated rings. The molecule has 144 valence electrons. The molecule has 1 N–H and O–H groups in total. The third-order valence-corrected chi connectivity index (χ3v) is 3.76. The second-order valence-electron chi connectivity index (χ2n) is 5.66. The number of halogens is 3. The normalized spacial score (nSPS) is 10.9. The van der Waals surface area contributed by atoms with Crippen LogP contribution in [0.1, 0.15) is 5.56 Å². The molecule has 0 aromatic heterocycles. The van der Waals surface area contributed by atoms with Crippen molar-refractivity contribution in [2.75, 3.05) is 18.9 Å². The summed E-state index contributed by atoms with van der Waals surface area (Å²) in [6.07, 6.45) is 0. The van der Waals surface area contributed by atoms with Crippen LogP contribution in [-0.4, -0.2) is 35.9 Å². The number of rotatable bonds is 8. The number of nitro benzene ring substituents is 1. The highest BCUT2D eigenvalue weighted by Gasteiger charge is 2.13. The van der Waals surface area contributed by atoms with Crippen LogP contribution in [0.4, 0.5) is 20.2 Å². The first-order valence-corrected chi connectivity index (χ1v) is 8.08. The van der Waals surface area contributed by atoms with Crippen LogP contribution >= 0.6 is 11.6 Å². The van der Waals surface area contributed by atoms with E-state index in [1.54, 1.807) is 24.1 Å². The first-order valence-electron chi connectivity index (χ1n) is 7.70. The predicted octanol–water partition coefficient (Wildman–Crippen LogP) is 3.92. The van der Waals surface area contributed by atoms with Gasteiger partial charge in [-0.05, 0) is 30.8 Å². The average molecular weight is 400 g/mol. The van der Waals surface area contributed by atoms with Gasteiger partial charge in [0.2, 0.25) is 5.91 Å². The van der Waals surface area contributed by atoms with Gasteiger partial charge in [0, 0.05) is 18.7 Å². The van der Waals surface area contributed by atoms with Gasteiger partial charge in [0.25, 0.3) is 5.69 Å². The van der Waals surface area contributed by atoms with Crippen molar-refractivity contribution >= 4 is 28.9 Å². The number of benzene rings is 2. The maximum absolute atomic E-state index is 12.1. The number of ether oxygens (including phenoxy) is 1. The van der Waals surface area contributed by atoms with E-state index in [0.29, 0.717) is 6.54 Å². The fraction of sp³-hybridized carbons (Fsp3) is 0.235. The van der Waals surface area contributed by atoms with E-state index < -0.39 is 11.5 Å². The number of non-ortho nitro benzene ring substituents is 1. The lowest BCUT2D eigenvalue weighted by Gasteiger charge is -2.17. The minimum atomic E-state index is -2.88. The molecule has 0 unspecified atom stereocenters. The van der Waals surface area contributed by atoms with Crippen LogP contribution in [0.2, 0.25) is 5.02 Å². The smallest absolute Gasteiger partial charge is 0.387 e. The van der Waals surface area contributed by atoms with Gasteiger partial charge in [-0.3, -0.25) is 19.8 Å². The van der Waals surface area contributed by atoms with Crippen LogP contribution in [0.25, 0.3) is 0 Å². The van der Waals surface area contributed by atoms with Gasteiger partial charge < -0.3 is 10.1 Å². The molecule has 0 saturated carbocycles. The van der Waals surface area contributed by atoms with Gasteiger partial charge in [-0.25, -0.2) is 0 Å². The van der Waals surface area contributed by atoms with Gasteiger partial charge in [0.1, 0.15) is 5.75 Å². The van der Waals surface area contributed by atoms with E-state index >= 15 is 0 Å². The summed E-state index contributed by atoms with van der Waals surface area (Å²) < 4.78 is 28.5. The second-order valence-corrected chi connectivity index (χ2v) is 6.07. The highest BCUT2D eigenvalue weighted by molar-refractivity contribution is 6.34. The number of anilines is 1. The summed E-state index contributed by atoms with van der Waals surface area (Å²) in [5.41, 5.74) is 0.906. The van der Waals surface area contributed by atoms with Gasteiger partial charge in [0.15, 0.2) is 0 Å². The second kappa shape index (κ2) is 9.24. The molecule has 10 heteroatoms. The molecule has 0 bridgehead atoms. The minimum absolute atomic E-state index is 0.0304. The van der Waals surface area contributed by atoms with Crippen molar-refractivity contribution in [1.29, 1.82) is 0 Å². The Kier molecular flexibility index (Phi) is 7.03. The topological polar surface area (TPSA) is 84.7 Å². The highest BCUT2D eigenvalue weighted by Crippen LogP contribution is 2.26. The number of hydrogen-bond donors (Lipinski definition) is 1. The molecule has 0 radical (unpaired) electrons. The molecular weight excluding hydrogens is 384 g/mol. The van der Waals surface area contributed by atoms with Gasteiger partial charge in [-0.1, -0.05) is 23.7 Å². The molecule has 2 aromatic rings. The molecule has 0 aliphatic rings. The third-order valence-electron chi connectivity index (χ3n) is 3.45. The van der Waals surface area contributed by atoms with E-state index in [4.69, 9.17) is 11.6 Å². The van der Waals surface area contributed by atoms with Crippen molar-refractivity contribution in [3.63, 3.8) is 0 Å².